The molecule has 4 rings (SSSR count). The van der Waals surface area contributed by atoms with Gasteiger partial charge in [0.25, 0.3) is 11.7 Å². The number of amides is 1. The van der Waals surface area contributed by atoms with Crippen molar-refractivity contribution in [2.75, 3.05) is 19.5 Å². The molecule has 0 aliphatic carbocycles. The number of aromatic nitrogens is 1. The van der Waals surface area contributed by atoms with Crippen molar-refractivity contribution in [3.63, 3.8) is 0 Å². The maximum absolute atomic E-state index is 13.4. The molecule has 33 heavy (non-hydrogen) atoms. The molecule has 0 saturated heterocycles. The molecule has 0 aliphatic rings. The summed E-state index contributed by atoms with van der Waals surface area (Å²) < 4.78 is 12.7. The number of hydrogen-bond donors (Lipinski definition) is 1. The molecule has 0 saturated carbocycles. The lowest BCUT2D eigenvalue weighted by molar-refractivity contribution is -0.112. The minimum Gasteiger partial charge on any atom is -0.497 e. The minimum absolute atomic E-state index is 0.338. The van der Waals surface area contributed by atoms with Gasteiger partial charge in [0.2, 0.25) is 0 Å². The molecule has 1 aromatic heterocycles. The number of rotatable bonds is 7. The third-order valence-electron chi connectivity index (χ3n) is 5.57. The Morgan fingerprint density at radius 1 is 0.970 bits per heavy atom. The first-order valence-electron chi connectivity index (χ1n) is 10.3. The number of anilines is 1. The number of carbonyl (C=O) groups is 2. The lowest BCUT2D eigenvalue weighted by Gasteiger charge is -2.10. The quantitative estimate of drug-likeness (QED) is 0.291. The van der Waals surface area contributed by atoms with E-state index in [-0.39, 0.29) is 0 Å². The van der Waals surface area contributed by atoms with Gasteiger partial charge in [0, 0.05) is 28.2 Å². The molecule has 1 amide bonds. The van der Waals surface area contributed by atoms with Crippen LogP contribution in [0.4, 0.5) is 5.69 Å². The molecular formula is C26H23ClN2O4. The largest absolute Gasteiger partial charge is 0.497 e. The fourth-order valence-corrected chi connectivity index (χ4v) is 4.02. The average molecular weight is 463 g/mol. The summed E-state index contributed by atoms with van der Waals surface area (Å²) >= 11 is 6.02. The van der Waals surface area contributed by atoms with Gasteiger partial charge in [-0.25, -0.2) is 0 Å². The van der Waals surface area contributed by atoms with Crippen molar-refractivity contribution < 1.29 is 19.1 Å². The van der Waals surface area contributed by atoms with Crippen molar-refractivity contribution in [1.82, 2.24) is 4.57 Å². The third-order valence-corrected chi connectivity index (χ3v) is 5.82. The van der Waals surface area contributed by atoms with Crippen molar-refractivity contribution in [1.29, 1.82) is 0 Å². The lowest BCUT2D eigenvalue weighted by Crippen LogP contribution is -2.24. The number of ketones is 1. The monoisotopic (exact) mass is 462 g/mol. The number of carbonyl (C=O) groups excluding carboxylic acids is 2. The minimum atomic E-state index is -0.740. The molecule has 1 N–H and O–H groups in total. The third kappa shape index (κ3) is 4.43. The van der Waals surface area contributed by atoms with Gasteiger partial charge in [0.1, 0.15) is 11.5 Å². The predicted molar refractivity (Wildman–Crippen MR) is 130 cm³/mol. The molecule has 6 nitrogen and oxygen atoms in total. The van der Waals surface area contributed by atoms with E-state index in [0.717, 1.165) is 11.1 Å². The molecule has 0 fully saturated rings. The van der Waals surface area contributed by atoms with Crippen LogP contribution in [0.2, 0.25) is 5.02 Å². The Hall–Kier alpha value is -3.77. The number of fused-ring (bicyclic) bond motifs is 1. The van der Waals surface area contributed by atoms with Crippen LogP contribution in [0.15, 0.2) is 66.7 Å². The number of hydrogen-bond acceptors (Lipinski definition) is 4. The van der Waals surface area contributed by atoms with Crippen molar-refractivity contribution in [3.05, 3.63) is 88.6 Å². The molecule has 0 unspecified atom stereocenters. The summed E-state index contributed by atoms with van der Waals surface area (Å²) in [5, 5.41) is 3.98. The Morgan fingerprint density at radius 3 is 2.39 bits per heavy atom. The zero-order valence-corrected chi connectivity index (χ0v) is 19.3. The lowest BCUT2D eigenvalue weighted by atomic mass is 10.1. The molecule has 0 radical (unpaired) electrons. The average Bonchev–Trinajstić information content (AvgIpc) is 3.10. The normalized spacial score (nSPS) is 10.8. The second-order valence-electron chi connectivity index (χ2n) is 7.54. The molecule has 168 valence electrons. The summed E-state index contributed by atoms with van der Waals surface area (Å²) in [6.45, 7) is 2.36. The number of nitrogens with one attached hydrogen (secondary N) is 1. The molecule has 3 aromatic carbocycles. The van der Waals surface area contributed by atoms with Gasteiger partial charge in [-0.05, 0) is 55.0 Å². The highest BCUT2D eigenvalue weighted by Crippen LogP contribution is 2.31. The van der Waals surface area contributed by atoms with E-state index in [2.05, 4.69) is 5.32 Å². The van der Waals surface area contributed by atoms with Crippen molar-refractivity contribution in [3.8, 4) is 11.5 Å². The van der Waals surface area contributed by atoms with Crippen LogP contribution in [0.5, 0.6) is 11.5 Å². The van der Waals surface area contributed by atoms with Crippen LogP contribution >= 0.6 is 11.6 Å². The Bertz CT molecular complexity index is 1340. The van der Waals surface area contributed by atoms with Crippen molar-refractivity contribution in [2.45, 2.75) is 13.5 Å². The highest BCUT2D eigenvalue weighted by Gasteiger charge is 2.26. The Labute approximate surface area is 196 Å². The highest BCUT2D eigenvalue weighted by molar-refractivity contribution is 6.48. The molecule has 1 heterocycles. The van der Waals surface area contributed by atoms with Gasteiger partial charge >= 0.3 is 0 Å². The van der Waals surface area contributed by atoms with Crippen LogP contribution in [-0.4, -0.2) is 30.5 Å². The molecular weight excluding hydrogens is 440 g/mol. The van der Waals surface area contributed by atoms with E-state index >= 15 is 0 Å². The van der Waals surface area contributed by atoms with E-state index in [0.29, 0.717) is 45.4 Å². The fraction of sp³-hybridized carbons (Fsp3) is 0.154. The van der Waals surface area contributed by atoms with Gasteiger partial charge < -0.3 is 19.4 Å². The van der Waals surface area contributed by atoms with E-state index in [1.54, 1.807) is 37.4 Å². The molecule has 4 aromatic rings. The van der Waals surface area contributed by atoms with Crippen LogP contribution in [-0.2, 0) is 11.3 Å². The summed E-state index contributed by atoms with van der Waals surface area (Å²) in [5.41, 5.74) is 3.31. The van der Waals surface area contributed by atoms with Gasteiger partial charge in [-0.15, -0.1) is 0 Å². The Kier molecular flexibility index (Phi) is 6.38. The van der Waals surface area contributed by atoms with E-state index in [1.165, 1.54) is 7.11 Å². The molecule has 0 aliphatic heterocycles. The predicted octanol–water partition coefficient (Wildman–Crippen LogP) is 5.49. The first kappa shape index (κ1) is 22.4. The van der Waals surface area contributed by atoms with Gasteiger partial charge in [-0.2, -0.15) is 0 Å². The van der Waals surface area contributed by atoms with Crippen LogP contribution in [0, 0.1) is 6.92 Å². The maximum atomic E-state index is 13.4. The SMILES string of the molecule is COc1ccc2c(c1)c(C(=O)C(=O)Nc1ccccc1OC)c(C)n2Cc1ccc(Cl)cc1. The van der Waals surface area contributed by atoms with Gasteiger partial charge in [0.05, 0.1) is 25.5 Å². The van der Waals surface area contributed by atoms with Crippen molar-refractivity contribution in [2.24, 2.45) is 0 Å². The Morgan fingerprint density at radius 2 is 1.70 bits per heavy atom. The van der Waals surface area contributed by atoms with E-state index < -0.39 is 11.7 Å². The van der Waals surface area contributed by atoms with Crippen LogP contribution < -0.4 is 14.8 Å². The van der Waals surface area contributed by atoms with Crippen LogP contribution in [0.3, 0.4) is 0 Å². The second kappa shape index (κ2) is 9.38. The number of Topliss-reactive ketones (excluding diaryl/α,β-unsaturated/α-hetero) is 1. The first-order valence-corrected chi connectivity index (χ1v) is 10.7. The maximum Gasteiger partial charge on any atom is 0.296 e. The standard InChI is InChI=1S/C26H23ClN2O4/c1-16-24(25(30)26(31)28-21-6-4-5-7-23(21)33-3)20-14-19(32-2)12-13-22(20)29(16)15-17-8-10-18(27)11-9-17/h4-14H,15H2,1-3H3,(H,28,31). The Balaban J connectivity index is 1.77. The van der Waals surface area contributed by atoms with Crippen LogP contribution in [0.25, 0.3) is 10.9 Å². The molecule has 0 spiro atoms. The second-order valence-corrected chi connectivity index (χ2v) is 7.98. The zero-order chi connectivity index (χ0) is 23.5. The zero-order valence-electron chi connectivity index (χ0n) is 18.5. The smallest absolute Gasteiger partial charge is 0.296 e. The van der Waals surface area contributed by atoms with E-state index in [1.807, 2.05) is 47.9 Å². The summed E-state index contributed by atoms with van der Waals surface area (Å²) in [5.74, 6) is -0.296. The van der Waals surface area contributed by atoms with E-state index in [4.69, 9.17) is 21.1 Å². The number of methoxy groups -OCH3 is 2. The summed E-state index contributed by atoms with van der Waals surface area (Å²) in [6.07, 6.45) is 0. The highest BCUT2D eigenvalue weighted by atomic mass is 35.5. The molecule has 0 bridgehead atoms. The summed E-state index contributed by atoms with van der Waals surface area (Å²) in [4.78, 5) is 26.3. The summed E-state index contributed by atoms with van der Waals surface area (Å²) in [6, 6.07) is 20.0. The molecule has 7 heteroatoms. The number of ether oxygens (including phenoxy) is 2. The summed E-state index contributed by atoms with van der Waals surface area (Å²) in [7, 11) is 3.07. The fourth-order valence-electron chi connectivity index (χ4n) is 3.89. The van der Waals surface area contributed by atoms with E-state index in [9.17, 15) is 9.59 Å². The van der Waals surface area contributed by atoms with Gasteiger partial charge in [-0.1, -0.05) is 35.9 Å². The van der Waals surface area contributed by atoms with Crippen molar-refractivity contribution >= 4 is 39.9 Å². The number of halogens is 1. The van der Waals surface area contributed by atoms with Crippen LogP contribution in [0.1, 0.15) is 21.6 Å². The molecule has 0 atom stereocenters. The number of benzene rings is 3. The van der Waals surface area contributed by atoms with Gasteiger partial charge in [-0.3, -0.25) is 9.59 Å². The first-order chi connectivity index (χ1) is 15.9. The number of para-hydroxylation sites is 2. The topological polar surface area (TPSA) is 69.6 Å². The van der Waals surface area contributed by atoms with Gasteiger partial charge in [0.15, 0.2) is 0 Å². The number of nitrogens with zero attached hydrogens (tertiary/aromatic N) is 1.